The highest BCUT2D eigenvalue weighted by Crippen LogP contribution is 2.10. The van der Waals surface area contributed by atoms with E-state index in [1.165, 1.54) is 10.8 Å². The molecular weight excluding hydrogens is 332 g/mol. The van der Waals surface area contributed by atoms with Crippen LogP contribution in [-0.4, -0.2) is 19.9 Å². The molecule has 0 aliphatic carbocycles. The van der Waals surface area contributed by atoms with Crippen molar-refractivity contribution in [2.45, 2.75) is 34.1 Å². The zero-order valence-corrected chi connectivity index (χ0v) is 16.7. The number of pyridine rings is 2. The highest BCUT2D eigenvalue weighted by Gasteiger charge is 1.95. The highest BCUT2D eigenvalue weighted by atomic mass is 14.8. The van der Waals surface area contributed by atoms with E-state index in [-0.39, 0.29) is 0 Å². The minimum Gasteiger partial charge on any atom is -0.262 e. The molecule has 0 aliphatic heterocycles. The number of nitrogens with zero attached hydrogens (tertiary/aromatic N) is 4. The molecule has 0 amide bonds. The van der Waals surface area contributed by atoms with Gasteiger partial charge >= 0.3 is 0 Å². The summed E-state index contributed by atoms with van der Waals surface area (Å²) in [6, 6.07) is 6.04. The van der Waals surface area contributed by atoms with Gasteiger partial charge in [-0.25, -0.2) is 9.97 Å². The Kier molecular flexibility index (Phi) is 9.94. The van der Waals surface area contributed by atoms with Gasteiger partial charge in [0.1, 0.15) is 6.33 Å². The molecule has 0 saturated carbocycles. The summed E-state index contributed by atoms with van der Waals surface area (Å²) in [6.45, 7) is 14.3. The van der Waals surface area contributed by atoms with E-state index < -0.39 is 0 Å². The zero-order chi connectivity index (χ0) is 20.1. The second kappa shape index (κ2) is 12.3. The first-order chi connectivity index (χ1) is 13.2. The second-order valence-corrected chi connectivity index (χ2v) is 5.61. The minimum atomic E-state index is 0.903. The van der Waals surface area contributed by atoms with E-state index in [1.807, 2.05) is 44.3 Å². The van der Waals surface area contributed by atoms with Gasteiger partial charge in [-0.2, -0.15) is 0 Å². The van der Waals surface area contributed by atoms with Crippen LogP contribution in [0.15, 0.2) is 68.4 Å². The molecule has 3 aromatic heterocycles. The van der Waals surface area contributed by atoms with Gasteiger partial charge in [0, 0.05) is 23.5 Å². The minimum absolute atomic E-state index is 0.903. The lowest BCUT2D eigenvalue weighted by Gasteiger charge is -1.96. The molecule has 0 aliphatic rings. The van der Waals surface area contributed by atoms with Crippen LogP contribution in [0, 0.1) is 6.92 Å². The molecule has 0 atom stereocenters. The molecule has 0 bridgehead atoms. The summed E-state index contributed by atoms with van der Waals surface area (Å²) in [4.78, 5) is 16.5. The third kappa shape index (κ3) is 6.59. The summed E-state index contributed by atoms with van der Waals surface area (Å²) in [5, 5.41) is 3.39. The Bertz CT molecular complexity index is 985. The van der Waals surface area contributed by atoms with Crippen LogP contribution in [0.2, 0.25) is 0 Å². The van der Waals surface area contributed by atoms with Crippen molar-refractivity contribution in [1.29, 1.82) is 0 Å². The first-order valence-electron chi connectivity index (χ1n) is 8.92. The molecule has 140 valence electrons. The Morgan fingerprint density at radius 1 is 1.11 bits per heavy atom. The average molecular weight is 361 g/mol. The molecular formula is C23H28N4. The van der Waals surface area contributed by atoms with Gasteiger partial charge in [-0.3, -0.25) is 9.97 Å². The van der Waals surface area contributed by atoms with Crippen LogP contribution >= 0.6 is 0 Å². The maximum Gasteiger partial charge on any atom is 0.116 e. The predicted molar refractivity (Wildman–Crippen MR) is 115 cm³/mol. The Morgan fingerprint density at radius 3 is 2.56 bits per heavy atom. The van der Waals surface area contributed by atoms with Crippen molar-refractivity contribution in [1.82, 2.24) is 19.9 Å². The third-order valence-corrected chi connectivity index (χ3v) is 3.91. The van der Waals surface area contributed by atoms with E-state index in [0.29, 0.717) is 0 Å². The van der Waals surface area contributed by atoms with Crippen LogP contribution in [0.1, 0.15) is 32.9 Å². The standard InChI is InChI=1S/C13H17N.C8H7N3.C2H4/c1-4-6-9-13-12(11(3)5-2)8-7-10-14-13;1-6-7-2-3-9-4-8(7)11-5-10-6;1-2/h4,6-10H,5H2,1-3H3;2-5H,1H3;1-2H2/b6-4-,12-11-,13-9+;;. The third-order valence-electron chi connectivity index (χ3n) is 3.91. The molecule has 0 saturated heterocycles. The number of rotatable bonds is 2. The second-order valence-electron chi connectivity index (χ2n) is 5.61. The lowest BCUT2D eigenvalue weighted by molar-refractivity contribution is 1.14. The summed E-state index contributed by atoms with van der Waals surface area (Å²) in [6.07, 6.45) is 14.0. The summed E-state index contributed by atoms with van der Waals surface area (Å²) in [5.74, 6) is 0. The fourth-order valence-electron chi connectivity index (χ4n) is 2.33. The van der Waals surface area contributed by atoms with Gasteiger partial charge in [0.25, 0.3) is 0 Å². The topological polar surface area (TPSA) is 51.6 Å². The van der Waals surface area contributed by atoms with E-state index in [9.17, 15) is 0 Å². The monoisotopic (exact) mass is 360 g/mol. The lowest BCUT2D eigenvalue weighted by atomic mass is 10.1. The fraction of sp³-hybridized carbons (Fsp3) is 0.217. The summed E-state index contributed by atoms with van der Waals surface area (Å²) in [5.41, 5.74) is 3.28. The molecule has 0 unspecified atom stereocenters. The van der Waals surface area contributed by atoms with Crippen LogP contribution in [0.4, 0.5) is 0 Å². The van der Waals surface area contributed by atoms with Crippen molar-refractivity contribution in [3.8, 4) is 0 Å². The molecule has 3 aromatic rings. The Balaban J connectivity index is 0.000000252. The van der Waals surface area contributed by atoms with Gasteiger partial charge in [-0.05, 0) is 50.6 Å². The number of fused-ring (bicyclic) bond motifs is 1. The SMILES string of the molecule is C=C.C\C=C/C=c1/nccc/c1=C(\C)CC.Cc1ncnc2cnccc12. The lowest BCUT2D eigenvalue weighted by Crippen LogP contribution is -2.28. The van der Waals surface area contributed by atoms with Crippen molar-refractivity contribution in [3.05, 3.63) is 84.7 Å². The smallest absolute Gasteiger partial charge is 0.116 e. The molecule has 0 aromatic carbocycles. The number of aryl methyl sites for hydroxylation is 1. The molecule has 0 radical (unpaired) electrons. The number of hydrogen-bond acceptors (Lipinski definition) is 4. The summed E-state index contributed by atoms with van der Waals surface area (Å²) < 4.78 is 0. The molecule has 0 N–H and O–H groups in total. The quantitative estimate of drug-likeness (QED) is 0.644. The zero-order valence-electron chi connectivity index (χ0n) is 16.7. The van der Waals surface area contributed by atoms with E-state index in [0.717, 1.165) is 28.4 Å². The molecule has 4 nitrogen and oxygen atoms in total. The summed E-state index contributed by atoms with van der Waals surface area (Å²) >= 11 is 0. The van der Waals surface area contributed by atoms with Gasteiger partial charge in [0.2, 0.25) is 0 Å². The van der Waals surface area contributed by atoms with Gasteiger partial charge in [0.05, 0.1) is 17.1 Å². The number of aromatic nitrogens is 4. The van der Waals surface area contributed by atoms with Crippen LogP contribution in [0.3, 0.4) is 0 Å². The van der Waals surface area contributed by atoms with Crippen LogP contribution < -0.4 is 10.6 Å². The molecule has 27 heavy (non-hydrogen) atoms. The van der Waals surface area contributed by atoms with Crippen LogP contribution in [-0.2, 0) is 0 Å². The Hall–Kier alpha value is -3.14. The van der Waals surface area contributed by atoms with E-state index >= 15 is 0 Å². The maximum atomic E-state index is 4.36. The molecule has 3 rings (SSSR count). The Morgan fingerprint density at radius 2 is 1.89 bits per heavy atom. The van der Waals surface area contributed by atoms with Crippen LogP contribution in [0.25, 0.3) is 22.6 Å². The molecule has 4 heteroatoms. The maximum absolute atomic E-state index is 4.36. The van der Waals surface area contributed by atoms with E-state index in [2.05, 4.69) is 59.1 Å². The van der Waals surface area contributed by atoms with Crippen molar-refractivity contribution >= 4 is 22.6 Å². The molecule has 0 spiro atoms. The first kappa shape index (κ1) is 21.9. The van der Waals surface area contributed by atoms with Gasteiger partial charge < -0.3 is 0 Å². The van der Waals surface area contributed by atoms with E-state index in [1.54, 1.807) is 18.7 Å². The normalized spacial score (nSPS) is 12.1. The summed E-state index contributed by atoms with van der Waals surface area (Å²) in [7, 11) is 0. The first-order valence-corrected chi connectivity index (χ1v) is 8.92. The van der Waals surface area contributed by atoms with Crippen molar-refractivity contribution in [3.63, 3.8) is 0 Å². The predicted octanol–water partition coefficient (Wildman–Crippen LogP) is 4.15. The number of hydrogen-bond donors (Lipinski definition) is 0. The van der Waals surface area contributed by atoms with E-state index in [4.69, 9.17) is 0 Å². The number of allylic oxidation sites excluding steroid dienone is 2. The molecule has 3 heterocycles. The van der Waals surface area contributed by atoms with Crippen molar-refractivity contribution in [2.75, 3.05) is 0 Å². The van der Waals surface area contributed by atoms with Gasteiger partial charge in [-0.1, -0.05) is 30.7 Å². The molecule has 0 fully saturated rings. The van der Waals surface area contributed by atoms with Crippen LogP contribution in [0.5, 0.6) is 0 Å². The van der Waals surface area contributed by atoms with Crippen molar-refractivity contribution < 1.29 is 0 Å². The Labute approximate surface area is 161 Å². The fourth-order valence-corrected chi connectivity index (χ4v) is 2.33. The van der Waals surface area contributed by atoms with Gasteiger partial charge in [-0.15, -0.1) is 13.2 Å². The largest absolute Gasteiger partial charge is 0.262 e. The van der Waals surface area contributed by atoms with Crippen molar-refractivity contribution in [2.24, 2.45) is 0 Å². The van der Waals surface area contributed by atoms with Gasteiger partial charge in [0.15, 0.2) is 0 Å². The average Bonchev–Trinajstić information content (AvgIpc) is 2.74. The highest BCUT2D eigenvalue weighted by molar-refractivity contribution is 5.78.